The number of carbonyl (C=O) groups is 2. The van der Waals surface area contributed by atoms with E-state index in [1.54, 1.807) is 16.2 Å². The van der Waals surface area contributed by atoms with E-state index in [0.717, 1.165) is 4.88 Å². The number of thiophene rings is 1. The van der Waals surface area contributed by atoms with Crippen molar-refractivity contribution in [3.8, 4) is 0 Å². The molecule has 1 aliphatic heterocycles. The number of rotatable bonds is 5. The molecule has 1 aliphatic rings. The van der Waals surface area contributed by atoms with Gasteiger partial charge >= 0.3 is 0 Å². The lowest BCUT2D eigenvalue weighted by Crippen LogP contribution is -2.69. The molecule has 1 aromatic rings. The van der Waals surface area contributed by atoms with Crippen molar-refractivity contribution in [3.05, 3.63) is 22.4 Å². The first-order valence-corrected chi connectivity index (χ1v) is 8.11. The number of hydrogen-bond donors (Lipinski definition) is 1. The second-order valence-corrected chi connectivity index (χ2v) is 6.21. The molecule has 1 saturated heterocycles. The molecule has 0 bridgehead atoms. The average molecular weight is 294 g/mol. The van der Waals surface area contributed by atoms with Gasteiger partial charge < -0.3 is 10.2 Å². The van der Waals surface area contributed by atoms with Gasteiger partial charge in [0.05, 0.1) is 6.54 Å². The van der Waals surface area contributed by atoms with Crippen LogP contribution in [0.2, 0.25) is 0 Å². The molecule has 2 rings (SSSR count). The van der Waals surface area contributed by atoms with Crippen molar-refractivity contribution in [1.29, 1.82) is 0 Å². The summed E-state index contributed by atoms with van der Waals surface area (Å²) in [4.78, 5) is 28.1. The SMILES string of the molecule is CCC1NC(=O)C(CC)(CC)N(Cc2cccs2)C1=O. The normalized spacial score (nSPS) is 21.9. The van der Waals surface area contributed by atoms with Crippen LogP contribution in [-0.4, -0.2) is 28.3 Å². The van der Waals surface area contributed by atoms with Crippen LogP contribution in [0.15, 0.2) is 17.5 Å². The van der Waals surface area contributed by atoms with E-state index in [-0.39, 0.29) is 17.9 Å². The zero-order valence-electron chi connectivity index (χ0n) is 12.3. The number of nitrogens with zero attached hydrogens (tertiary/aromatic N) is 1. The van der Waals surface area contributed by atoms with Crippen molar-refractivity contribution in [2.45, 2.75) is 58.2 Å². The Kier molecular flexibility index (Phi) is 4.48. The molecule has 0 spiro atoms. The summed E-state index contributed by atoms with van der Waals surface area (Å²) >= 11 is 1.62. The molecule has 0 aromatic carbocycles. The number of hydrogen-bond acceptors (Lipinski definition) is 3. The highest BCUT2D eigenvalue weighted by atomic mass is 32.1. The summed E-state index contributed by atoms with van der Waals surface area (Å²) in [6.45, 7) is 6.41. The van der Waals surface area contributed by atoms with Crippen LogP contribution in [0.4, 0.5) is 0 Å². The van der Waals surface area contributed by atoms with Crippen molar-refractivity contribution in [3.63, 3.8) is 0 Å². The van der Waals surface area contributed by atoms with E-state index in [0.29, 0.717) is 25.8 Å². The van der Waals surface area contributed by atoms with Gasteiger partial charge in [0, 0.05) is 4.88 Å². The second kappa shape index (κ2) is 5.95. The molecule has 20 heavy (non-hydrogen) atoms. The molecular weight excluding hydrogens is 272 g/mol. The molecule has 2 amide bonds. The van der Waals surface area contributed by atoms with Gasteiger partial charge in [-0.1, -0.05) is 26.8 Å². The minimum absolute atomic E-state index is 0.00879. The highest BCUT2D eigenvalue weighted by Gasteiger charge is 2.49. The molecule has 5 heteroatoms. The van der Waals surface area contributed by atoms with E-state index in [4.69, 9.17) is 0 Å². The highest BCUT2D eigenvalue weighted by molar-refractivity contribution is 7.09. The molecule has 0 saturated carbocycles. The van der Waals surface area contributed by atoms with Crippen molar-refractivity contribution >= 4 is 23.2 Å². The number of carbonyl (C=O) groups excluding carboxylic acids is 2. The molecule has 2 heterocycles. The lowest BCUT2D eigenvalue weighted by Gasteiger charge is -2.47. The largest absolute Gasteiger partial charge is 0.342 e. The fraction of sp³-hybridized carbons (Fsp3) is 0.600. The van der Waals surface area contributed by atoms with Gasteiger partial charge in [0.15, 0.2) is 0 Å². The summed E-state index contributed by atoms with van der Waals surface area (Å²) in [6, 6.07) is 3.61. The Morgan fingerprint density at radius 3 is 2.50 bits per heavy atom. The fourth-order valence-electron chi connectivity index (χ4n) is 2.89. The van der Waals surface area contributed by atoms with Crippen molar-refractivity contribution < 1.29 is 9.59 Å². The third-order valence-corrected chi connectivity index (χ3v) is 5.14. The summed E-state index contributed by atoms with van der Waals surface area (Å²) in [5.74, 6) is 0.0368. The maximum atomic E-state index is 12.7. The number of nitrogens with one attached hydrogen (secondary N) is 1. The van der Waals surface area contributed by atoms with Crippen LogP contribution in [0.3, 0.4) is 0 Å². The first-order valence-electron chi connectivity index (χ1n) is 7.23. The van der Waals surface area contributed by atoms with E-state index in [2.05, 4.69) is 5.32 Å². The van der Waals surface area contributed by atoms with Crippen LogP contribution in [0.25, 0.3) is 0 Å². The van der Waals surface area contributed by atoms with Gasteiger partial charge in [-0.25, -0.2) is 0 Å². The van der Waals surface area contributed by atoms with Crippen LogP contribution in [-0.2, 0) is 16.1 Å². The summed E-state index contributed by atoms with van der Waals surface area (Å²) in [5, 5.41) is 4.89. The summed E-state index contributed by atoms with van der Waals surface area (Å²) in [6.07, 6.45) is 1.92. The van der Waals surface area contributed by atoms with Crippen molar-refractivity contribution in [2.75, 3.05) is 0 Å². The third kappa shape index (κ3) is 2.35. The van der Waals surface area contributed by atoms with E-state index in [9.17, 15) is 9.59 Å². The fourth-order valence-corrected chi connectivity index (χ4v) is 3.59. The van der Waals surface area contributed by atoms with Gasteiger partial charge in [0.2, 0.25) is 11.8 Å². The Balaban J connectivity index is 2.37. The Hall–Kier alpha value is -1.36. The smallest absolute Gasteiger partial charge is 0.246 e. The molecule has 4 nitrogen and oxygen atoms in total. The van der Waals surface area contributed by atoms with Crippen LogP contribution in [0.1, 0.15) is 44.9 Å². The van der Waals surface area contributed by atoms with Gasteiger partial charge in [-0.2, -0.15) is 0 Å². The Morgan fingerprint density at radius 1 is 1.30 bits per heavy atom. The maximum Gasteiger partial charge on any atom is 0.246 e. The predicted molar refractivity (Wildman–Crippen MR) is 80.4 cm³/mol. The number of piperazine rings is 1. The molecule has 1 aromatic heterocycles. The topological polar surface area (TPSA) is 49.4 Å². The number of amides is 2. The highest BCUT2D eigenvalue weighted by Crippen LogP contribution is 2.31. The molecule has 1 fully saturated rings. The Labute approximate surface area is 124 Å². The molecule has 0 aliphatic carbocycles. The molecule has 110 valence electrons. The predicted octanol–water partition coefficient (Wildman–Crippen LogP) is 2.54. The van der Waals surface area contributed by atoms with Gasteiger partial charge in [-0.05, 0) is 30.7 Å². The zero-order chi connectivity index (χ0) is 14.8. The molecule has 1 N–H and O–H groups in total. The first-order chi connectivity index (χ1) is 9.58. The van der Waals surface area contributed by atoms with Gasteiger partial charge in [-0.3, -0.25) is 9.59 Å². The van der Waals surface area contributed by atoms with Gasteiger partial charge in [-0.15, -0.1) is 11.3 Å². The maximum absolute atomic E-state index is 12.7. The minimum atomic E-state index is -0.702. The Bertz CT molecular complexity index is 480. The van der Waals surface area contributed by atoms with Gasteiger partial charge in [0.25, 0.3) is 0 Å². The third-order valence-electron chi connectivity index (χ3n) is 4.28. The quantitative estimate of drug-likeness (QED) is 0.907. The Morgan fingerprint density at radius 2 is 2.00 bits per heavy atom. The van der Waals surface area contributed by atoms with Crippen LogP contribution in [0.5, 0.6) is 0 Å². The molecular formula is C15H22N2O2S. The van der Waals surface area contributed by atoms with Crippen molar-refractivity contribution in [2.24, 2.45) is 0 Å². The van der Waals surface area contributed by atoms with Crippen LogP contribution in [0, 0.1) is 0 Å². The second-order valence-electron chi connectivity index (χ2n) is 5.18. The molecule has 1 unspecified atom stereocenters. The van der Waals surface area contributed by atoms with E-state index >= 15 is 0 Å². The lowest BCUT2D eigenvalue weighted by atomic mass is 9.85. The van der Waals surface area contributed by atoms with E-state index < -0.39 is 5.54 Å². The van der Waals surface area contributed by atoms with E-state index in [1.165, 1.54) is 0 Å². The van der Waals surface area contributed by atoms with Gasteiger partial charge in [0.1, 0.15) is 11.6 Å². The van der Waals surface area contributed by atoms with Crippen LogP contribution >= 0.6 is 11.3 Å². The van der Waals surface area contributed by atoms with Crippen LogP contribution < -0.4 is 5.32 Å². The summed E-state index contributed by atoms with van der Waals surface area (Å²) in [5.41, 5.74) is -0.702. The summed E-state index contributed by atoms with van der Waals surface area (Å²) in [7, 11) is 0. The minimum Gasteiger partial charge on any atom is -0.342 e. The van der Waals surface area contributed by atoms with Crippen molar-refractivity contribution in [1.82, 2.24) is 10.2 Å². The molecule has 1 atom stereocenters. The average Bonchev–Trinajstić information content (AvgIpc) is 2.96. The monoisotopic (exact) mass is 294 g/mol. The van der Waals surface area contributed by atoms with E-state index in [1.807, 2.05) is 38.3 Å². The standard InChI is InChI=1S/C15H22N2O2S/c1-4-12-13(18)17(10-11-8-7-9-20-11)15(5-2,6-3)14(19)16-12/h7-9,12H,4-6,10H2,1-3H3,(H,16,19). The first kappa shape index (κ1) is 15.0. The zero-order valence-corrected chi connectivity index (χ0v) is 13.1. The molecule has 0 radical (unpaired) electrons. The summed E-state index contributed by atoms with van der Waals surface area (Å²) < 4.78 is 0. The lowest BCUT2D eigenvalue weighted by molar-refractivity contribution is -0.159.